The number of para-hydroxylation sites is 1. The molecular formula is C24H19FN6. The summed E-state index contributed by atoms with van der Waals surface area (Å²) in [5.74, 6) is 0.191. The molecule has 31 heavy (non-hydrogen) atoms. The highest BCUT2D eigenvalue weighted by Crippen LogP contribution is 2.33. The fourth-order valence-electron chi connectivity index (χ4n) is 4.38. The van der Waals surface area contributed by atoms with Crippen LogP contribution in [0, 0.1) is 5.82 Å². The summed E-state index contributed by atoms with van der Waals surface area (Å²) in [5.41, 5.74) is 12.4. The second-order valence-electron chi connectivity index (χ2n) is 7.85. The quantitative estimate of drug-likeness (QED) is 0.447. The number of aromatic nitrogens is 5. The van der Waals surface area contributed by atoms with E-state index in [2.05, 4.69) is 22.9 Å². The van der Waals surface area contributed by atoms with Gasteiger partial charge in [-0.2, -0.15) is 9.61 Å². The van der Waals surface area contributed by atoms with Crippen molar-refractivity contribution in [3.63, 3.8) is 0 Å². The Balaban J connectivity index is 1.56. The van der Waals surface area contributed by atoms with Gasteiger partial charge in [-0.15, -0.1) is 0 Å². The Morgan fingerprint density at radius 2 is 1.52 bits per heavy atom. The molecule has 0 aliphatic rings. The number of nitrogens with two attached hydrogens (primary N) is 1. The first-order valence-electron chi connectivity index (χ1n) is 9.95. The molecule has 6 rings (SSSR count). The lowest BCUT2D eigenvalue weighted by atomic mass is 10.1. The van der Waals surface area contributed by atoms with Gasteiger partial charge < -0.3 is 14.9 Å². The van der Waals surface area contributed by atoms with E-state index in [9.17, 15) is 4.39 Å². The maximum atomic E-state index is 13.9. The summed E-state index contributed by atoms with van der Waals surface area (Å²) in [6.45, 7) is 0. The van der Waals surface area contributed by atoms with E-state index in [1.165, 1.54) is 12.1 Å². The van der Waals surface area contributed by atoms with Gasteiger partial charge in [-0.05, 0) is 24.3 Å². The number of rotatable bonds is 2. The van der Waals surface area contributed by atoms with Crippen LogP contribution in [0.4, 0.5) is 10.2 Å². The zero-order valence-corrected chi connectivity index (χ0v) is 17.0. The van der Waals surface area contributed by atoms with Crippen LogP contribution in [0.2, 0.25) is 0 Å². The zero-order chi connectivity index (χ0) is 21.3. The molecule has 152 valence electrons. The molecule has 4 heterocycles. The van der Waals surface area contributed by atoms with E-state index < -0.39 is 0 Å². The number of anilines is 1. The number of benzene rings is 2. The molecule has 0 radical (unpaired) electrons. The van der Waals surface area contributed by atoms with Crippen molar-refractivity contribution in [1.82, 2.24) is 23.7 Å². The van der Waals surface area contributed by atoms with Crippen LogP contribution in [0.3, 0.4) is 0 Å². The van der Waals surface area contributed by atoms with Crippen LogP contribution in [-0.2, 0) is 14.1 Å². The Morgan fingerprint density at radius 1 is 0.806 bits per heavy atom. The average Bonchev–Trinajstić information content (AvgIpc) is 3.42. The van der Waals surface area contributed by atoms with Gasteiger partial charge >= 0.3 is 0 Å². The predicted molar refractivity (Wildman–Crippen MR) is 121 cm³/mol. The Labute approximate surface area is 177 Å². The molecule has 2 aromatic carbocycles. The van der Waals surface area contributed by atoms with Gasteiger partial charge in [0.25, 0.3) is 0 Å². The van der Waals surface area contributed by atoms with Gasteiger partial charge in [0.2, 0.25) is 0 Å². The number of aryl methyl sites for hydroxylation is 2. The molecule has 0 unspecified atom stereocenters. The molecule has 6 aromatic rings. The Kier molecular flexibility index (Phi) is 3.53. The average molecular weight is 410 g/mol. The minimum atomic E-state index is -0.281. The molecule has 0 saturated carbocycles. The van der Waals surface area contributed by atoms with Crippen molar-refractivity contribution in [2.75, 3.05) is 5.73 Å². The van der Waals surface area contributed by atoms with E-state index in [1.807, 2.05) is 43.1 Å². The van der Waals surface area contributed by atoms with E-state index in [0.29, 0.717) is 17.2 Å². The first kappa shape index (κ1) is 17.7. The van der Waals surface area contributed by atoms with E-state index in [0.717, 1.165) is 38.6 Å². The maximum absolute atomic E-state index is 13.9. The van der Waals surface area contributed by atoms with Gasteiger partial charge in [0.15, 0.2) is 5.65 Å². The second kappa shape index (κ2) is 6.18. The lowest BCUT2D eigenvalue weighted by Gasteiger charge is -2.03. The molecule has 0 saturated heterocycles. The van der Waals surface area contributed by atoms with Crippen molar-refractivity contribution in [2.45, 2.75) is 0 Å². The SMILES string of the molecule is Cn1cc(-c2cc(N)n3nc(-c4cn(C)c5ccccc45)cc3n2)c2cc(F)ccc21. The molecular weight excluding hydrogens is 391 g/mol. The predicted octanol–water partition coefficient (Wildman–Crippen LogP) is 4.77. The van der Waals surface area contributed by atoms with Crippen LogP contribution >= 0.6 is 0 Å². The highest BCUT2D eigenvalue weighted by atomic mass is 19.1. The minimum Gasteiger partial charge on any atom is -0.384 e. The molecule has 0 aliphatic heterocycles. The van der Waals surface area contributed by atoms with Gasteiger partial charge in [-0.1, -0.05) is 18.2 Å². The van der Waals surface area contributed by atoms with Crippen LogP contribution < -0.4 is 5.73 Å². The molecule has 6 nitrogen and oxygen atoms in total. The molecule has 0 fully saturated rings. The van der Waals surface area contributed by atoms with Gasteiger partial charge in [-0.25, -0.2) is 9.37 Å². The lowest BCUT2D eigenvalue weighted by Crippen LogP contribution is -2.01. The Bertz CT molecular complexity index is 1640. The monoisotopic (exact) mass is 410 g/mol. The molecule has 0 spiro atoms. The van der Waals surface area contributed by atoms with Crippen LogP contribution in [0.1, 0.15) is 0 Å². The number of hydrogen-bond acceptors (Lipinski definition) is 3. The molecule has 0 aliphatic carbocycles. The van der Waals surface area contributed by atoms with E-state index in [1.54, 1.807) is 16.6 Å². The minimum absolute atomic E-state index is 0.281. The smallest absolute Gasteiger partial charge is 0.158 e. The maximum Gasteiger partial charge on any atom is 0.158 e. The number of halogens is 1. The molecule has 7 heteroatoms. The normalized spacial score (nSPS) is 11.8. The van der Waals surface area contributed by atoms with E-state index in [-0.39, 0.29) is 5.82 Å². The van der Waals surface area contributed by atoms with Crippen LogP contribution in [0.15, 0.2) is 67.0 Å². The summed E-state index contributed by atoms with van der Waals surface area (Å²) in [4.78, 5) is 4.81. The molecule has 0 amide bonds. The van der Waals surface area contributed by atoms with Gasteiger partial charge in [-0.3, -0.25) is 0 Å². The summed E-state index contributed by atoms with van der Waals surface area (Å²) in [7, 11) is 3.95. The highest BCUT2D eigenvalue weighted by Gasteiger charge is 2.16. The van der Waals surface area contributed by atoms with Crippen molar-refractivity contribution in [3.8, 4) is 22.5 Å². The Morgan fingerprint density at radius 3 is 2.32 bits per heavy atom. The third kappa shape index (κ3) is 2.56. The highest BCUT2D eigenvalue weighted by molar-refractivity contribution is 5.97. The van der Waals surface area contributed by atoms with Crippen molar-refractivity contribution >= 4 is 33.3 Å². The fourth-order valence-corrected chi connectivity index (χ4v) is 4.38. The first-order chi connectivity index (χ1) is 15.0. The van der Waals surface area contributed by atoms with Gasteiger partial charge in [0.1, 0.15) is 11.6 Å². The number of fused-ring (bicyclic) bond motifs is 3. The molecule has 4 aromatic heterocycles. The van der Waals surface area contributed by atoms with Crippen molar-refractivity contribution in [2.24, 2.45) is 14.1 Å². The number of hydrogen-bond donors (Lipinski definition) is 1. The van der Waals surface area contributed by atoms with Crippen molar-refractivity contribution in [1.29, 1.82) is 0 Å². The summed E-state index contributed by atoms with van der Waals surface area (Å²) >= 11 is 0. The molecule has 0 atom stereocenters. The number of nitrogen functional groups attached to an aromatic ring is 1. The lowest BCUT2D eigenvalue weighted by molar-refractivity contribution is 0.629. The third-order valence-corrected chi connectivity index (χ3v) is 5.86. The van der Waals surface area contributed by atoms with E-state index >= 15 is 0 Å². The third-order valence-electron chi connectivity index (χ3n) is 5.86. The van der Waals surface area contributed by atoms with Gasteiger partial charge in [0.05, 0.1) is 11.4 Å². The van der Waals surface area contributed by atoms with Crippen LogP contribution in [0.5, 0.6) is 0 Å². The van der Waals surface area contributed by atoms with Crippen LogP contribution in [-0.4, -0.2) is 23.7 Å². The second-order valence-corrected chi connectivity index (χ2v) is 7.85. The molecule has 2 N–H and O–H groups in total. The van der Waals surface area contributed by atoms with Gasteiger partial charge in [0, 0.05) is 71.6 Å². The van der Waals surface area contributed by atoms with E-state index in [4.69, 9.17) is 15.8 Å². The topological polar surface area (TPSA) is 66.1 Å². The fraction of sp³-hybridized carbons (Fsp3) is 0.0833. The van der Waals surface area contributed by atoms with Crippen molar-refractivity contribution < 1.29 is 4.39 Å². The summed E-state index contributed by atoms with van der Waals surface area (Å²) in [5, 5.41) is 6.63. The van der Waals surface area contributed by atoms with Crippen molar-refractivity contribution in [3.05, 3.63) is 72.8 Å². The summed E-state index contributed by atoms with van der Waals surface area (Å²) < 4.78 is 19.6. The molecule has 0 bridgehead atoms. The standard InChI is InChI=1S/C24H19FN6/c1-29-12-17(15-5-3-4-6-21(15)29)20-11-24-27-19(10-23(26)31(24)28-20)18-13-30(2)22-8-7-14(25)9-16(18)22/h3-13H,26H2,1-2H3. The zero-order valence-electron chi connectivity index (χ0n) is 17.0. The Hall–Kier alpha value is -4.13. The largest absolute Gasteiger partial charge is 0.384 e. The first-order valence-corrected chi connectivity index (χ1v) is 9.95. The van der Waals surface area contributed by atoms with Crippen LogP contribution in [0.25, 0.3) is 50.0 Å². The summed E-state index contributed by atoms with van der Waals surface area (Å²) in [6, 6.07) is 16.7. The summed E-state index contributed by atoms with van der Waals surface area (Å²) in [6.07, 6.45) is 4.02. The number of nitrogens with zero attached hydrogens (tertiary/aromatic N) is 5.